The molecule has 0 fully saturated rings. The maximum Gasteiger partial charge on any atom is 0.198 e. The monoisotopic (exact) mass is 276 g/mol. The Morgan fingerprint density at radius 3 is 2.37 bits per heavy atom. The third-order valence-electron chi connectivity index (χ3n) is 3.15. The van der Waals surface area contributed by atoms with Crippen molar-refractivity contribution >= 4 is 12.2 Å². The maximum absolute atomic E-state index is 5.28. The predicted molar refractivity (Wildman–Crippen MR) is 79.3 cm³/mol. The Hall–Kier alpha value is -1.46. The van der Waals surface area contributed by atoms with Crippen LogP contribution in [0.4, 0.5) is 0 Å². The average Bonchev–Trinajstić information content (AvgIpc) is 2.71. The van der Waals surface area contributed by atoms with Crippen LogP contribution in [0.15, 0.2) is 30.6 Å². The van der Waals surface area contributed by atoms with Crippen molar-refractivity contribution in [2.75, 3.05) is 7.05 Å². The first kappa shape index (κ1) is 14.0. The highest BCUT2D eigenvalue weighted by atomic mass is 32.1. The van der Waals surface area contributed by atoms with Crippen molar-refractivity contribution in [2.24, 2.45) is 7.05 Å². The van der Waals surface area contributed by atoms with Crippen LogP contribution < -0.4 is 0 Å². The van der Waals surface area contributed by atoms with E-state index in [0.29, 0.717) is 6.67 Å². The van der Waals surface area contributed by atoms with E-state index in [-0.39, 0.29) is 0 Å². The molecule has 5 heteroatoms. The molecule has 1 aromatic carbocycles. The van der Waals surface area contributed by atoms with Crippen LogP contribution in [0.25, 0.3) is 0 Å². The van der Waals surface area contributed by atoms with Gasteiger partial charge in [0, 0.05) is 13.6 Å². The highest BCUT2D eigenvalue weighted by molar-refractivity contribution is 7.71. The molecule has 0 amide bonds. The van der Waals surface area contributed by atoms with Crippen molar-refractivity contribution < 1.29 is 0 Å². The van der Waals surface area contributed by atoms with E-state index in [1.165, 1.54) is 11.1 Å². The third kappa shape index (κ3) is 3.52. The molecule has 0 N–H and O–H groups in total. The molecule has 0 atom stereocenters. The van der Waals surface area contributed by atoms with Crippen molar-refractivity contribution in [1.29, 1.82) is 0 Å². The summed E-state index contributed by atoms with van der Waals surface area (Å²) in [5.41, 5.74) is 2.68. The second kappa shape index (κ2) is 6.12. The molecular formula is C14H20N4S. The lowest BCUT2D eigenvalue weighted by atomic mass is 10.1. The Morgan fingerprint density at radius 1 is 1.21 bits per heavy atom. The fourth-order valence-corrected chi connectivity index (χ4v) is 2.14. The number of benzene rings is 1. The lowest BCUT2D eigenvalue weighted by Gasteiger charge is -2.16. The molecule has 0 spiro atoms. The van der Waals surface area contributed by atoms with Gasteiger partial charge in [0.15, 0.2) is 4.77 Å². The molecule has 2 rings (SSSR count). The summed E-state index contributed by atoms with van der Waals surface area (Å²) in [5.74, 6) is 0. The summed E-state index contributed by atoms with van der Waals surface area (Å²) in [6.45, 7) is 3.77. The topological polar surface area (TPSA) is 26.0 Å². The first-order valence-corrected chi connectivity index (χ1v) is 6.85. The molecule has 0 aliphatic heterocycles. The van der Waals surface area contributed by atoms with E-state index >= 15 is 0 Å². The van der Waals surface area contributed by atoms with Crippen molar-refractivity contribution in [2.45, 2.75) is 26.6 Å². The van der Waals surface area contributed by atoms with E-state index in [2.05, 4.69) is 48.2 Å². The maximum atomic E-state index is 5.28. The second-order valence-electron chi connectivity index (χ2n) is 4.85. The highest BCUT2D eigenvalue weighted by Gasteiger charge is 2.04. The normalized spacial score (nSPS) is 11.2. The number of rotatable bonds is 5. The largest absolute Gasteiger partial charge is 0.310 e. The first-order chi connectivity index (χ1) is 9.10. The van der Waals surface area contributed by atoms with Gasteiger partial charge in [0.25, 0.3) is 0 Å². The van der Waals surface area contributed by atoms with Gasteiger partial charge in [0.2, 0.25) is 0 Å². The minimum atomic E-state index is 0.704. The Morgan fingerprint density at radius 2 is 1.84 bits per heavy atom. The number of aryl methyl sites for hydroxylation is 2. The first-order valence-electron chi connectivity index (χ1n) is 6.45. The van der Waals surface area contributed by atoms with E-state index in [4.69, 9.17) is 12.2 Å². The van der Waals surface area contributed by atoms with Gasteiger partial charge in [-0.05, 0) is 36.8 Å². The van der Waals surface area contributed by atoms with E-state index in [9.17, 15) is 0 Å². The van der Waals surface area contributed by atoms with Crippen LogP contribution in [0.5, 0.6) is 0 Å². The van der Waals surface area contributed by atoms with E-state index in [1.54, 1.807) is 6.33 Å². The van der Waals surface area contributed by atoms with Crippen LogP contribution in [0.3, 0.4) is 0 Å². The van der Waals surface area contributed by atoms with Gasteiger partial charge in [-0.15, -0.1) is 0 Å². The summed E-state index contributed by atoms with van der Waals surface area (Å²) in [4.78, 5) is 2.20. The van der Waals surface area contributed by atoms with Crippen molar-refractivity contribution in [3.63, 3.8) is 0 Å². The van der Waals surface area contributed by atoms with Crippen LogP contribution in [0.1, 0.15) is 18.1 Å². The quantitative estimate of drug-likeness (QED) is 0.785. The highest BCUT2D eigenvalue weighted by Crippen LogP contribution is 2.08. The molecule has 102 valence electrons. The molecule has 1 aromatic heterocycles. The molecule has 4 nitrogen and oxygen atoms in total. The zero-order chi connectivity index (χ0) is 13.8. The smallest absolute Gasteiger partial charge is 0.198 e. The van der Waals surface area contributed by atoms with Gasteiger partial charge in [-0.3, -0.25) is 4.90 Å². The number of nitrogens with zero attached hydrogens (tertiary/aromatic N) is 4. The number of aromatic nitrogens is 3. The van der Waals surface area contributed by atoms with Crippen LogP contribution in [-0.4, -0.2) is 26.3 Å². The zero-order valence-corrected chi connectivity index (χ0v) is 12.5. The fourth-order valence-electron chi connectivity index (χ4n) is 1.99. The molecule has 2 aromatic rings. The van der Waals surface area contributed by atoms with Gasteiger partial charge in [-0.2, -0.15) is 5.10 Å². The molecule has 0 saturated heterocycles. The van der Waals surface area contributed by atoms with Crippen LogP contribution >= 0.6 is 12.2 Å². The van der Waals surface area contributed by atoms with Gasteiger partial charge in [-0.1, -0.05) is 31.2 Å². The van der Waals surface area contributed by atoms with E-state index < -0.39 is 0 Å². The standard InChI is InChI=1S/C14H20N4S/c1-4-12-5-7-13(8-6-12)9-16(2)11-18-14(19)17(3)10-15-18/h5-8,10H,4,9,11H2,1-3H3. The Balaban J connectivity index is 1.98. The number of hydrogen-bond acceptors (Lipinski definition) is 3. The van der Waals surface area contributed by atoms with Crippen molar-refractivity contribution in [3.8, 4) is 0 Å². The molecule has 0 unspecified atom stereocenters. The van der Waals surface area contributed by atoms with Crippen molar-refractivity contribution in [1.82, 2.24) is 19.2 Å². The molecule has 1 heterocycles. The second-order valence-corrected chi connectivity index (χ2v) is 5.21. The van der Waals surface area contributed by atoms with Gasteiger partial charge >= 0.3 is 0 Å². The molecule has 0 aliphatic carbocycles. The summed E-state index contributed by atoms with van der Waals surface area (Å²) in [6, 6.07) is 8.76. The summed E-state index contributed by atoms with van der Waals surface area (Å²) >= 11 is 5.28. The Kier molecular flexibility index (Phi) is 4.50. The van der Waals surface area contributed by atoms with E-state index in [0.717, 1.165) is 17.7 Å². The van der Waals surface area contributed by atoms with Crippen LogP contribution in [0, 0.1) is 4.77 Å². The van der Waals surface area contributed by atoms with Crippen molar-refractivity contribution in [3.05, 3.63) is 46.5 Å². The summed E-state index contributed by atoms with van der Waals surface area (Å²) < 4.78 is 4.42. The average molecular weight is 276 g/mol. The molecular weight excluding hydrogens is 256 g/mol. The summed E-state index contributed by atoms with van der Waals surface area (Å²) in [7, 11) is 3.99. The predicted octanol–water partition coefficient (Wildman–Crippen LogP) is 2.60. The molecule has 0 aliphatic rings. The lowest BCUT2D eigenvalue weighted by molar-refractivity contribution is 0.244. The minimum Gasteiger partial charge on any atom is -0.310 e. The minimum absolute atomic E-state index is 0.704. The molecule has 0 bridgehead atoms. The fraction of sp³-hybridized carbons (Fsp3) is 0.429. The van der Waals surface area contributed by atoms with E-state index in [1.807, 2.05) is 16.3 Å². The molecule has 0 radical (unpaired) electrons. The Bertz CT molecular complexity index is 582. The van der Waals surface area contributed by atoms with Crippen LogP contribution in [-0.2, 0) is 26.7 Å². The SMILES string of the molecule is CCc1ccc(CN(C)Cn2ncn(C)c2=S)cc1. The van der Waals surface area contributed by atoms with Gasteiger partial charge in [-0.25, -0.2) is 4.68 Å². The molecule has 0 saturated carbocycles. The molecule has 19 heavy (non-hydrogen) atoms. The van der Waals surface area contributed by atoms with Gasteiger partial charge in [0.05, 0.1) is 6.67 Å². The number of hydrogen-bond donors (Lipinski definition) is 0. The summed E-state index contributed by atoms with van der Waals surface area (Å²) in [5, 5.41) is 4.26. The van der Waals surface area contributed by atoms with Crippen LogP contribution in [0.2, 0.25) is 0 Å². The zero-order valence-electron chi connectivity index (χ0n) is 11.7. The summed E-state index contributed by atoms with van der Waals surface area (Å²) in [6.07, 6.45) is 2.82. The van der Waals surface area contributed by atoms with Gasteiger partial charge in [0.1, 0.15) is 6.33 Å². The lowest BCUT2D eigenvalue weighted by Crippen LogP contribution is -2.22. The van der Waals surface area contributed by atoms with Gasteiger partial charge < -0.3 is 4.57 Å². The Labute approximate surface area is 119 Å². The third-order valence-corrected chi connectivity index (χ3v) is 3.64.